The van der Waals surface area contributed by atoms with Crippen LogP contribution in [0.25, 0.3) is 0 Å². The lowest BCUT2D eigenvalue weighted by atomic mass is 10.0. The third-order valence-electron chi connectivity index (χ3n) is 2.57. The van der Waals surface area contributed by atoms with E-state index < -0.39 is 0 Å². The van der Waals surface area contributed by atoms with Gasteiger partial charge in [0.25, 0.3) is 5.91 Å². The molecule has 1 heterocycles. The van der Waals surface area contributed by atoms with Gasteiger partial charge in [0.15, 0.2) is 0 Å². The van der Waals surface area contributed by atoms with Gasteiger partial charge < -0.3 is 10.6 Å². The number of carbonyl (C=O) groups excluding carboxylic acids is 1. The smallest absolute Gasteiger partial charge is 0.251 e. The highest BCUT2D eigenvalue weighted by atomic mass is 16.1. The Labute approximate surface area is 95.2 Å². The van der Waals surface area contributed by atoms with Crippen LogP contribution in [0.5, 0.6) is 0 Å². The molecule has 1 amide bonds. The van der Waals surface area contributed by atoms with Crippen LogP contribution in [0.2, 0.25) is 0 Å². The second kappa shape index (κ2) is 4.82. The van der Waals surface area contributed by atoms with Gasteiger partial charge in [-0.3, -0.25) is 4.79 Å². The lowest BCUT2D eigenvalue weighted by molar-refractivity contribution is 0.0966. The number of rotatable bonds is 2. The molecule has 2 rings (SSSR count). The van der Waals surface area contributed by atoms with Crippen molar-refractivity contribution in [1.82, 2.24) is 10.6 Å². The molecular weight excluding hydrogens is 200 g/mol. The zero-order valence-electron chi connectivity index (χ0n) is 9.26. The summed E-state index contributed by atoms with van der Waals surface area (Å²) in [6, 6.07) is 5.69. The van der Waals surface area contributed by atoms with E-state index in [4.69, 9.17) is 0 Å². The van der Waals surface area contributed by atoms with Crippen LogP contribution in [-0.2, 0) is 6.54 Å². The third-order valence-corrected chi connectivity index (χ3v) is 2.57. The molecular formula is C13H14N2O. The molecule has 3 nitrogen and oxygen atoms in total. The Balaban J connectivity index is 2.22. The summed E-state index contributed by atoms with van der Waals surface area (Å²) in [5, 5.41) is 5.85. The molecule has 0 atom stereocenters. The third kappa shape index (κ3) is 2.07. The van der Waals surface area contributed by atoms with Crippen LogP contribution in [0.1, 0.15) is 27.9 Å². The number of nitrogens with one attached hydrogen (secondary N) is 2. The maximum atomic E-state index is 11.4. The number of fused-ring (bicyclic) bond motifs is 1. The van der Waals surface area contributed by atoms with E-state index in [1.54, 1.807) is 0 Å². The van der Waals surface area contributed by atoms with Gasteiger partial charge in [-0.2, -0.15) is 0 Å². The Morgan fingerprint density at radius 3 is 3.19 bits per heavy atom. The number of benzene rings is 1. The molecule has 0 bridgehead atoms. The number of hydrogen-bond donors (Lipinski definition) is 2. The van der Waals surface area contributed by atoms with E-state index in [2.05, 4.69) is 22.5 Å². The van der Waals surface area contributed by atoms with Gasteiger partial charge in [-0.1, -0.05) is 17.9 Å². The highest BCUT2D eigenvalue weighted by Crippen LogP contribution is 2.18. The van der Waals surface area contributed by atoms with Gasteiger partial charge >= 0.3 is 0 Å². The Kier molecular flexibility index (Phi) is 3.23. The van der Waals surface area contributed by atoms with Crippen molar-refractivity contribution >= 4 is 5.91 Å². The zero-order chi connectivity index (χ0) is 11.4. The van der Waals surface area contributed by atoms with E-state index >= 15 is 0 Å². The molecule has 0 unspecified atom stereocenters. The molecule has 0 saturated carbocycles. The van der Waals surface area contributed by atoms with Gasteiger partial charge in [0, 0.05) is 30.6 Å². The molecule has 1 aliphatic rings. The molecule has 1 aliphatic heterocycles. The van der Waals surface area contributed by atoms with Crippen molar-refractivity contribution in [3.63, 3.8) is 0 Å². The summed E-state index contributed by atoms with van der Waals surface area (Å²) in [6.07, 6.45) is 0.821. The summed E-state index contributed by atoms with van der Waals surface area (Å²) in [7, 11) is 1.91. The Bertz CT molecular complexity index is 469. The SMILES string of the molecule is CNCCC#Cc1cccc2c1CNC2=O. The van der Waals surface area contributed by atoms with E-state index in [0.717, 1.165) is 29.7 Å². The lowest BCUT2D eigenvalue weighted by Gasteiger charge is -1.98. The van der Waals surface area contributed by atoms with E-state index in [1.807, 2.05) is 25.2 Å². The van der Waals surface area contributed by atoms with Gasteiger partial charge in [-0.25, -0.2) is 0 Å². The molecule has 0 spiro atoms. The predicted octanol–water partition coefficient (Wildman–Crippen LogP) is 0.891. The Morgan fingerprint density at radius 1 is 1.50 bits per heavy atom. The standard InChI is InChI=1S/C13H14N2O/c1-14-8-3-2-5-10-6-4-7-11-12(10)9-15-13(11)16/h4,6-7,14H,3,8-9H2,1H3,(H,15,16). The van der Waals surface area contributed by atoms with Crippen LogP contribution in [-0.4, -0.2) is 19.5 Å². The van der Waals surface area contributed by atoms with Crippen LogP contribution in [0, 0.1) is 11.8 Å². The number of amides is 1. The van der Waals surface area contributed by atoms with Crippen molar-refractivity contribution in [2.24, 2.45) is 0 Å². The van der Waals surface area contributed by atoms with Gasteiger partial charge in [-0.15, -0.1) is 0 Å². The lowest BCUT2D eigenvalue weighted by Crippen LogP contribution is -2.12. The van der Waals surface area contributed by atoms with Crippen molar-refractivity contribution in [3.05, 3.63) is 34.9 Å². The maximum Gasteiger partial charge on any atom is 0.251 e. The summed E-state index contributed by atoms with van der Waals surface area (Å²) in [6.45, 7) is 1.49. The number of carbonyl (C=O) groups is 1. The van der Waals surface area contributed by atoms with Gasteiger partial charge in [-0.05, 0) is 24.7 Å². The molecule has 16 heavy (non-hydrogen) atoms. The Morgan fingerprint density at radius 2 is 2.38 bits per heavy atom. The van der Waals surface area contributed by atoms with Crippen LogP contribution in [0.4, 0.5) is 0 Å². The molecule has 0 fully saturated rings. The van der Waals surface area contributed by atoms with E-state index in [0.29, 0.717) is 6.54 Å². The van der Waals surface area contributed by atoms with Crippen molar-refractivity contribution in [3.8, 4) is 11.8 Å². The van der Waals surface area contributed by atoms with Crippen LogP contribution in [0.15, 0.2) is 18.2 Å². The van der Waals surface area contributed by atoms with Crippen molar-refractivity contribution in [1.29, 1.82) is 0 Å². The topological polar surface area (TPSA) is 41.1 Å². The minimum Gasteiger partial charge on any atom is -0.348 e. The average molecular weight is 214 g/mol. The summed E-state index contributed by atoms with van der Waals surface area (Å²) in [5.41, 5.74) is 2.76. The first-order valence-electron chi connectivity index (χ1n) is 5.36. The first-order chi connectivity index (χ1) is 7.83. The largest absolute Gasteiger partial charge is 0.348 e. The molecule has 1 aromatic rings. The number of hydrogen-bond acceptors (Lipinski definition) is 2. The predicted molar refractivity (Wildman–Crippen MR) is 63.0 cm³/mol. The second-order valence-corrected chi connectivity index (χ2v) is 3.67. The molecule has 2 N–H and O–H groups in total. The fourth-order valence-corrected chi connectivity index (χ4v) is 1.72. The summed E-state index contributed by atoms with van der Waals surface area (Å²) < 4.78 is 0. The summed E-state index contributed by atoms with van der Waals surface area (Å²) in [5.74, 6) is 6.22. The highest BCUT2D eigenvalue weighted by Gasteiger charge is 2.20. The van der Waals surface area contributed by atoms with E-state index in [1.165, 1.54) is 0 Å². The fourth-order valence-electron chi connectivity index (χ4n) is 1.72. The minimum absolute atomic E-state index is 0.00822. The van der Waals surface area contributed by atoms with E-state index in [-0.39, 0.29) is 5.91 Å². The first-order valence-corrected chi connectivity index (χ1v) is 5.36. The van der Waals surface area contributed by atoms with Gasteiger partial charge in [0.1, 0.15) is 0 Å². The molecule has 0 aromatic heterocycles. The Hall–Kier alpha value is -1.79. The van der Waals surface area contributed by atoms with Crippen LogP contribution < -0.4 is 10.6 Å². The molecule has 3 heteroatoms. The quantitative estimate of drug-likeness (QED) is 0.567. The van der Waals surface area contributed by atoms with Crippen LogP contribution >= 0.6 is 0 Å². The van der Waals surface area contributed by atoms with Crippen molar-refractivity contribution in [2.75, 3.05) is 13.6 Å². The van der Waals surface area contributed by atoms with Crippen molar-refractivity contribution in [2.45, 2.75) is 13.0 Å². The van der Waals surface area contributed by atoms with Gasteiger partial charge in [0.2, 0.25) is 0 Å². The molecule has 0 radical (unpaired) electrons. The minimum atomic E-state index is 0.00822. The normalized spacial score (nSPS) is 12.7. The first kappa shape index (κ1) is 10.7. The second-order valence-electron chi connectivity index (χ2n) is 3.67. The van der Waals surface area contributed by atoms with Crippen LogP contribution in [0.3, 0.4) is 0 Å². The molecule has 82 valence electrons. The zero-order valence-corrected chi connectivity index (χ0v) is 9.26. The summed E-state index contributed by atoms with van der Waals surface area (Å²) in [4.78, 5) is 11.4. The molecule has 1 aromatic carbocycles. The van der Waals surface area contributed by atoms with E-state index in [9.17, 15) is 4.79 Å². The maximum absolute atomic E-state index is 11.4. The fraction of sp³-hybridized carbons (Fsp3) is 0.308. The summed E-state index contributed by atoms with van der Waals surface area (Å²) >= 11 is 0. The van der Waals surface area contributed by atoms with Crippen molar-refractivity contribution < 1.29 is 4.79 Å². The highest BCUT2D eigenvalue weighted by molar-refractivity contribution is 5.98. The molecule has 0 aliphatic carbocycles. The average Bonchev–Trinajstić information content (AvgIpc) is 2.68. The van der Waals surface area contributed by atoms with Gasteiger partial charge in [0.05, 0.1) is 0 Å². The monoisotopic (exact) mass is 214 g/mol. The molecule has 0 saturated heterocycles.